The van der Waals surface area contributed by atoms with Gasteiger partial charge >= 0.3 is 6.09 Å². The lowest BCUT2D eigenvalue weighted by Crippen LogP contribution is -2.51. The number of ether oxygens (including phenoxy) is 1. The number of pyridine rings is 1. The fourth-order valence-corrected chi connectivity index (χ4v) is 6.03. The molecule has 2 atom stereocenters. The Hall–Kier alpha value is -1.42. The second kappa shape index (κ2) is 10.1. The van der Waals surface area contributed by atoms with Crippen molar-refractivity contribution < 1.29 is 14.3 Å². The number of carbonyl (C=O) groups excluding carboxylic acids is 2. The highest BCUT2D eigenvalue weighted by Gasteiger charge is 2.45. The molecule has 4 rings (SSSR count). The van der Waals surface area contributed by atoms with Crippen LogP contribution in [0.15, 0.2) is 12.3 Å². The van der Waals surface area contributed by atoms with Crippen molar-refractivity contribution in [3.05, 3.63) is 22.3 Å². The zero-order valence-electron chi connectivity index (χ0n) is 19.3. The maximum Gasteiger partial charge on any atom is 0.411 e. The van der Waals surface area contributed by atoms with Crippen LogP contribution >= 0.6 is 35.0 Å². The van der Waals surface area contributed by atoms with Crippen LogP contribution in [0.5, 0.6) is 0 Å². The van der Waals surface area contributed by atoms with Crippen molar-refractivity contribution in [1.29, 1.82) is 0 Å². The molecule has 0 spiro atoms. The fourth-order valence-electron chi connectivity index (χ4n) is 4.57. The highest BCUT2D eigenvalue weighted by atomic mass is 35.5. The summed E-state index contributed by atoms with van der Waals surface area (Å²) in [7, 11) is 0. The summed E-state index contributed by atoms with van der Waals surface area (Å²) in [6.07, 6.45) is 1.82. The van der Waals surface area contributed by atoms with Gasteiger partial charge in [-0.1, -0.05) is 23.2 Å². The minimum atomic E-state index is -0.608. The number of halogens is 2. The molecule has 0 aliphatic carbocycles. The van der Waals surface area contributed by atoms with Crippen LogP contribution < -0.4 is 4.90 Å². The summed E-state index contributed by atoms with van der Waals surface area (Å²) < 4.78 is 5.65. The van der Waals surface area contributed by atoms with Crippen LogP contribution in [-0.2, 0) is 9.53 Å². The summed E-state index contributed by atoms with van der Waals surface area (Å²) in [6, 6.07) is 1.34. The fraction of sp³-hybridized carbons (Fsp3) is 0.682. The number of anilines is 1. The van der Waals surface area contributed by atoms with E-state index in [0.29, 0.717) is 28.9 Å². The van der Waals surface area contributed by atoms with E-state index in [1.54, 1.807) is 28.9 Å². The first-order valence-electron chi connectivity index (χ1n) is 11.3. The molecule has 33 heavy (non-hydrogen) atoms. The van der Waals surface area contributed by atoms with Gasteiger partial charge in [0.05, 0.1) is 15.9 Å². The summed E-state index contributed by atoms with van der Waals surface area (Å²) in [6.45, 7) is 9.90. The molecule has 11 heteroatoms. The third-order valence-electron chi connectivity index (χ3n) is 6.17. The van der Waals surface area contributed by atoms with E-state index in [4.69, 9.17) is 27.9 Å². The van der Waals surface area contributed by atoms with E-state index in [1.807, 2.05) is 25.7 Å². The van der Waals surface area contributed by atoms with Gasteiger partial charge in [0.2, 0.25) is 5.91 Å². The molecule has 3 saturated heterocycles. The molecule has 3 fully saturated rings. The van der Waals surface area contributed by atoms with E-state index in [2.05, 4.69) is 14.8 Å². The zero-order valence-corrected chi connectivity index (χ0v) is 21.6. The molecule has 2 amide bonds. The quantitative estimate of drug-likeness (QED) is 0.610. The Balaban J connectivity index is 1.43. The van der Waals surface area contributed by atoms with Gasteiger partial charge in [-0.3, -0.25) is 14.6 Å². The van der Waals surface area contributed by atoms with Crippen molar-refractivity contribution in [3.63, 3.8) is 0 Å². The lowest BCUT2D eigenvalue weighted by Gasteiger charge is -2.38. The van der Waals surface area contributed by atoms with Gasteiger partial charge in [0.1, 0.15) is 17.5 Å². The average molecular weight is 516 g/mol. The number of hydrogen-bond donors (Lipinski definition) is 0. The van der Waals surface area contributed by atoms with Crippen LogP contribution in [0.3, 0.4) is 0 Å². The summed E-state index contributed by atoms with van der Waals surface area (Å²) in [5, 5.41) is 1.06. The zero-order chi connectivity index (χ0) is 23.8. The highest BCUT2D eigenvalue weighted by molar-refractivity contribution is 7.99. The Bertz CT molecular complexity index is 885. The van der Waals surface area contributed by atoms with E-state index in [9.17, 15) is 9.59 Å². The van der Waals surface area contributed by atoms with Crippen LogP contribution in [-0.4, -0.2) is 100 Å². The van der Waals surface area contributed by atoms with Crippen molar-refractivity contribution in [3.8, 4) is 0 Å². The number of thioether (sulfide) groups is 1. The molecular formula is C22H31Cl2N5O3S. The number of likely N-dealkylation sites (tertiary alicyclic amines) is 1. The first-order chi connectivity index (χ1) is 15.6. The molecule has 0 unspecified atom stereocenters. The Kier molecular flexibility index (Phi) is 7.53. The third-order valence-corrected chi connectivity index (χ3v) is 7.63. The average Bonchev–Trinajstić information content (AvgIpc) is 3.43. The van der Waals surface area contributed by atoms with Crippen molar-refractivity contribution in [2.45, 2.75) is 44.9 Å². The van der Waals surface area contributed by atoms with Crippen LogP contribution in [0, 0.1) is 0 Å². The molecule has 3 aliphatic heterocycles. The van der Waals surface area contributed by atoms with Gasteiger partial charge in [0.25, 0.3) is 0 Å². The number of piperazine rings is 1. The summed E-state index contributed by atoms with van der Waals surface area (Å²) in [5.74, 6) is 2.40. The number of amides is 2. The molecule has 0 radical (unpaired) electrons. The van der Waals surface area contributed by atoms with Crippen molar-refractivity contribution in [2.24, 2.45) is 0 Å². The van der Waals surface area contributed by atoms with Crippen molar-refractivity contribution in [1.82, 2.24) is 19.7 Å². The number of carbonyl (C=O) groups is 2. The topological polar surface area (TPSA) is 69.2 Å². The molecule has 8 nitrogen and oxygen atoms in total. The third kappa shape index (κ3) is 5.81. The maximum atomic E-state index is 13.3. The van der Waals surface area contributed by atoms with Crippen LogP contribution in [0.25, 0.3) is 0 Å². The number of hydrogen-bond acceptors (Lipinski definition) is 7. The molecule has 0 N–H and O–H groups in total. The molecule has 4 heterocycles. The Labute approximate surface area is 209 Å². The molecular weight excluding hydrogens is 485 g/mol. The predicted octanol–water partition coefficient (Wildman–Crippen LogP) is 3.42. The van der Waals surface area contributed by atoms with Gasteiger partial charge in [0, 0.05) is 57.3 Å². The van der Waals surface area contributed by atoms with Crippen LogP contribution in [0.4, 0.5) is 10.6 Å². The molecule has 182 valence electrons. The number of nitrogens with zero attached hydrogens (tertiary/aromatic N) is 5. The van der Waals surface area contributed by atoms with Gasteiger partial charge in [-0.2, -0.15) is 0 Å². The second-order valence-electron chi connectivity index (χ2n) is 9.66. The van der Waals surface area contributed by atoms with E-state index >= 15 is 0 Å². The van der Waals surface area contributed by atoms with E-state index in [-0.39, 0.29) is 11.9 Å². The van der Waals surface area contributed by atoms with Gasteiger partial charge in [-0.25, -0.2) is 9.78 Å². The summed E-state index contributed by atoms with van der Waals surface area (Å²) in [4.78, 5) is 38.7. The smallest absolute Gasteiger partial charge is 0.411 e. The van der Waals surface area contributed by atoms with Gasteiger partial charge in [0.15, 0.2) is 0 Å². The number of rotatable bonds is 3. The highest BCUT2D eigenvalue weighted by Crippen LogP contribution is 2.30. The number of aromatic nitrogens is 1. The predicted molar refractivity (Wildman–Crippen MR) is 132 cm³/mol. The summed E-state index contributed by atoms with van der Waals surface area (Å²) >= 11 is 14.1. The monoisotopic (exact) mass is 515 g/mol. The Morgan fingerprint density at radius 1 is 1.15 bits per heavy atom. The van der Waals surface area contributed by atoms with Gasteiger partial charge in [-0.15, -0.1) is 11.8 Å². The lowest BCUT2D eigenvalue weighted by atomic mass is 10.1. The maximum absolute atomic E-state index is 13.3. The van der Waals surface area contributed by atoms with E-state index in [1.165, 1.54) is 0 Å². The van der Waals surface area contributed by atoms with Crippen molar-refractivity contribution >= 4 is 52.8 Å². The second-order valence-corrected chi connectivity index (χ2v) is 11.6. The molecule has 0 saturated carbocycles. The molecule has 0 bridgehead atoms. The van der Waals surface area contributed by atoms with Gasteiger partial charge in [-0.05, 0) is 33.3 Å². The largest absolute Gasteiger partial charge is 0.444 e. The lowest BCUT2D eigenvalue weighted by molar-refractivity contribution is -0.134. The van der Waals surface area contributed by atoms with E-state index < -0.39 is 17.7 Å². The molecule has 3 aliphatic rings. The Morgan fingerprint density at radius 3 is 2.48 bits per heavy atom. The van der Waals surface area contributed by atoms with Crippen LogP contribution in [0.1, 0.15) is 27.2 Å². The molecule has 1 aromatic rings. The standard InChI is InChI=1S/C22H31Cl2N5O3S/c1-22(2,3)32-21(31)29-13-16(11-18(29)20(30)28-8-9-33-14-28)26-4-6-27(7-5-26)19-17(24)10-15(23)12-25-19/h10,12,16,18H,4-9,11,13-14H2,1-3H3/t16-,18-/m0/s1. The molecule has 1 aromatic heterocycles. The minimum absolute atomic E-state index is 0.0316. The Morgan fingerprint density at radius 2 is 1.88 bits per heavy atom. The normalized spacial score (nSPS) is 24.5. The SMILES string of the molecule is CC(C)(C)OC(=O)N1C[C@@H](N2CCN(c3ncc(Cl)cc3Cl)CC2)C[C@H]1C(=O)N1CCSC1. The van der Waals surface area contributed by atoms with Crippen molar-refractivity contribution in [2.75, 3.05) is 55.8 Å². The minimum Gasteiger partial charge on any atom is -0.444 e. The first kappa shape index (κ1) is 24.7. The van der Waals surface area contributed by atoms with Gasteiger partial charge < -0.3 is 14.5 Å². The van der Waals surface area contributed by atoms with E-state index in [0.717, 1.165) is 44.3 Å². The first-order valence-corrected chi connectivity index (χ1v) is 13.2. The molecule has 0 aromatic carbocycles. The summed E-state index contributed by atoms with van der Waals surface area (Å²) in [5.41, 5.74) is -0.608. The van der Waals surface area contributed by atoms with Crippen LogP contribution in [0.2, 0.25) is 10.0 Å².